The van der Waals surface area contributed by atoms with E-state index in [2.05, 4.69) is 68.5 Å². The minimum absolute atomic E-state index is 0.871. The Labute approximate surface area is 155 Å². The highest BCUT2D eigenvalue weighted by atomic mass is 32.1. The Bertz CT molecular complexity index is 902. The summed E-state index contributed by atoms with van der Waals surface area (Å²) < 4.78 is 0. The number of thiol groups is 1. The topological polar surface area (TPSA) is 12.4 Å². The van der Waals surface area contributed by atoms with Crippen LogP contribution in [0.15, 0.2) is 67.3 Å². The van der Waals surface area contributed by atoms with Crippen LogP contribution in [0.3, 0.4) is 0 Å². The quantitative estimate of drug-likeness (QED) is 0.539. The van der Waals surface area contributed by atoms with Crippen molar-refractivity contribution >= 4 is 29.5 Å². The summed E-state index contributed by atoms with van der Waals surface area (Å²) in [6.45, 7) is 14.6. The van der Waals surface area contributed by atoms with Crippen LogP contribution in [0.25, 0.3) is 11.1 Å². The van der Waals surface area contributed by atoms with Gasteiger partial charge in [0.25, 0.3) is 0 Å². The van der Waals surface area contributed by atoms with E-state index < -0.39 is 0 Å². The molecule has 0 amide bonds. The molecule has 25 heavy (non-hydrogen) atoms. The standard InChI is InChI=1S/C23H23NS/c1-5-24-23-21-11-7-6-10-19(21)16(3)20-13-12-18(17(4)22(20)23)15(2)9-8-14-25/h5-7,10-13,25H,1-3,8-9,14H2,4H3. The zero-order chi connectivity index (χ0) is 18.0. The Hall–Kier alpha value is -2.32. The first kappa shape index (κ1) is 17.5. The van der Waals surface area contributed by atoms with Crippen molar-refractivity contribution in [2.24, 2.45) is 4.99 Å². The predicted octanol–water partition coefficient (Wildman–Crippen LogP) is 6.07. The lowest BCUT2D eigenvalue weighted by Gasteiger charge is -2.26. The molecule has 2 heteroatoms. The molecule has 1 nitrogen and oxygen atoms in total. The SMILES string of the molecule is C=CN=C1c2ccccc2C(=C)c2ccc(C(=C)CCCS)c(C)c21. The molecule has 0 N–H and O–H groups in total. The summed E-state index contributed by atoms with van der Waals surface area (Å²) in [6, 6.07) is 12.6. The second-order valence-electron chi connectivity index (χ2n) is 6.28. The number of benzene rings is 2. The van der Waals surface area contributed by atoms with Gasteiger partial charge < -0.3 is 0 Å². The maximum atomic E-state index is 4.62. The average Bonchev–Trinajstić information content (AvgIpc) is 2.63. The lowest BCUT2D eigenvalue weighted by atomic mass is 9.77. The number of rotatable bonds is 5. The second kappa shape index (κ2) is 7.28. The largest absolute Gasteiger partial charge is 0.256 e. The summed E-state index contributed by atoms with van der Waals surface area (Å²) in [7, 11) is 0. The Balaban J connectivity index is 2.22. The Kier molecular flexibility index (Phi) is 5.10. The molecule has 0 aliphatic heterocycles. The Morgan fingerprint density at radius 1 is 1.12 bits per heavy atom. The molecular formula is C23H23NS. The molecule has 126 valence electrons. The Morgan fingerprint density at radius 2 is 1.84 bits per heavy atom. The van der Waals surface area contributed by atoms with Crippen LogP contribution >= 0.6 is 12.6 Å². The number of hydrogen-bond donors (Lipinski definition) is 1. The van der Waals surface area contributed by atoms with Gasteiger partial charge in [0.2, 0.25) is 0 Å². The summed E-state index contributed by atoms with van der Waals surface area (Å²) >= 11 is 4.31. The van der Waals surface area contributed by atoms with Crippen molar-refractivity contribution in [3.05, 3.63) is 95.7 Å². The molecule has 0 bridgehead atoms. The van der Waals surface area contributed by atoms with Gasteiger partial charge in [-0.2, -0.15) is 12.6 Å². The molecule has 0 aromatic heterocycles. The summed E-state index contributed by atoms with van der Waals surface area (Å²) in [6.07, 6.45) is 3.60. The zero-order valence-corrected chi connectivity index (χ0v) is 15.6. The molecule has 0 fully saturated rings. The lowest BCUT2D eigenvalue weighted by molar-refractivity contribution is 0.990. The minimum atomic E-state index is 0.871. The average molecular weight is 346 g/mol. The molecule has 3 rings (SSSR count). The molecule has 2 aromatic rings. The van der Waals surface area contributed by atoms with Gasteiger partial charge in [-0.1, -0.05) is 56.1 Å². The maximum Gasteiger partial charge on any atom is 0.0789 e. The van der Waals surface area contributed by atoms with Crippen LogP contribution < -0.4 is 0 Å². The molecule has 0 unspecified atom stereocenters. The number of hydrogen-bond acceptors (Lipinski definition) is 2. The van der Waals surface area contributed by atoms with Gasteiger partial charge in [0.05, 0.1) is 5.71 Å². The van der Waals surface area contributed by atoms with Crippen molar-refractivity contribution in [1.82, 2.24) is 0 Å². The van der Waals surface area contributed by atoms with Crippen LogP contribution in [-0.4, -0.2) is 11.5 Å². The second-order valence-corrected chi connectivity index (χ2v) is 6.72. The smallest absolute Gasteiger partial charge is 0.0789 e. The minimum Gasteiger partial charge on any atom is -0.256 e. The molecule has 0 saturated heterocycles. The van der Waals surface area contributed by atoms with Gasteiger partial charge in [-0.15, -0.1) is 0 Å². The van der Waals surface area contributed by atoms with Crippen LogP contribution in [0.4, 0.5) is 0 Å². The monoisotopic (exact) mass is 345 g/mol. The van der Waals surface area contributed by atoms with Crippen LogP contribution in [0.1, 0.15) is 46.2 Å². The van der Waals surface area contributed by atoms with E-state index >= 15 is 0 Å². The molecule has 1 aliphatic carbocycles. The lowest BCUT2D eigenvalue weighted by Crippen LogP contribution is -2.17. The molecule has 0 radical (unpaired) electrons. The fourth-order valence-electron chi connectivity index (χ4n) is 3.54. The van der Waals surface area contributed by atoms with Gasteiger partial charge in [-0.05, 0) is 58.9 Å². The van der Waals surface area contributed by atoms with E-state index in [4.69, 9.17) is 0 Å². The van der Waals surface area contributed by atoms with Gasteiger partial charge in [-0.25, -0.2) is 0 Å². The van der Waals surface area contributed by atoms with Crippen LogP contribution in [-0.2, 0) is 0 Å². The molecule has 0 heterocycles. The van der Waals surface area contributed by atoms with Crippen molar-refractivity contribution < 1.29 is 0 Å². The molecule has 0 spiro atoms. The van der Waals surface area contributed by atoms with Gasteiger partial charge in [0.15, 0.2) is 0 Å². The van der Waals surface area contributed by atoms with Crippen molar-refractivity contribution in [3.63, 3.8) is 0 Å². The van der Waals surface area contributed by atoms with Crippen LogP contribution in [0, 0.1) is 6.92 Å². The van der Waals surface area contributed by atoms with Crippen molar-refractivity contribution in [3.8, 4) is 0 Å². The van der Waals surface area contributed by atoms with Crippen molar-refractivity contribution in [1.29, 1.82) is 0 Å². The summed E-state index contributed by atoms with van der Waals surface area (Å²) in [5.74, 6) is 0.871. The normalized spacial score (nSPS) is 14.2. The predicted molar refractivity (Wildman–Crippen MR) is 114 cm³/mol. The molecule has 0 atom stereocenters. The van der Waals surface area contributed by atoms with Crippen LogP contribution in [0.5, 0.6) is 0 Å². The summed E-state index contributed by atoms with van der Waals surface area (Å²) in [4.78, 5) is 4.62. The van der Waals surface area contributed by atoms with Crippen molar-refractivity contribution in [2.75, 3.05) is 5.75 Å². The Morgan fingerprint density at radius 3 is 2.52 bits per heavy atom. The first-order valence-electron chi connectivity index (χ1n) is 8.50. The fraction of sp³-hybridized carbons (Fsp3) is 0.174. The van der Waals surface area contributed by atoms with Gasteiger partial charge >= 0.3 is 0 Å². The number of aliphatic imine (C=N–C) groups is 1. The van der Waals surface area contributed by atoms with Crippen LogP contribution in [0.2, 0.25) is 0 Å². The number of nitrogens with zero attached hydrogens (tertiary/aromatic N) is 1. The van der Waals surface area contributed by atoms with Gasteiger partial charge in [0.1, 0.15) is 0 Å². The van der Waals surface area contributed by atoms with E-state index in [-0.39, 0.29) is 0 Å². The number of fused-ring (bicyclic) bond motifs is 2. The molecular weight excluding hydrogens is 322 g/mol. The third-order valence-corrected chi connectivity index (χ3v) is 5.09. The summed E-state index contributed by atoms with van der Waals surface area (Å²) in [5, 5.41) is 0. The summed E-state index contributed by atoms with van der Waals surface area (Å²) in [5.41, 5.74) is 10.1. The number of allylic oxidation sites excluding steroid dienone is 1. The van der Waals surface area contributed by atoms with Gasteiger partial charge in [-0.3, -0.25) is 4.99 Å². The first-order chi connectivity index (χ1) is 12.1. The fourth-order valence-corrected chi connectivity index (χ4v) is 3.69. The highest BCUT2D eigenvalue weighted by molar-refractivity contribution is 7.80. The third-order valence-electron chi connectivity index (χ3n) is 4.77. The highest BCUT2D eigenvalue weighted by Crippen LogP contribution is 2.39. The molecule has 2 aromatic carbocycles. The maximum absolute atomic E-state index is 4.62. The van der Waals surface area contributed by atoms with Gasteiger partial charge in [0, 0.05) is 17.3 Å². The molecule has 0 saturated carbocycles. The zero-order valence-electron chi connectivity index (χ0n) is 14.7. The molecule has 1 aliphatic rings. The van der Waals surface area contributed by atoms with E-state index in [9.17, 15) is 0 Å². The van der Waals surface area contributed by atoms with E-state index in [1.165, 1.54) is 11.1 Å². The van der Waals surface area contributed by atoms with Crippen molar-refractivity contribution in [2.45, 2.75) is 19.8 Å². The van der Waals surface area contributed by atoms with E-state index in [0.29, 0.717) is 0 Å². The van der Waals surface area contributed by atoms with E-state index in [0.717, 1.165) is 57.7 Å². The van der Waals surface area contributed by atoms with E-state index in [1.807, 2.05) is 12.1 Å². The van der Waals surface area contributed by atoms with E-state index in [1.54, 1.807) is 6.20 Å². The third kappa shape index (κ3) is 3.03. The highest BCUT2D eigenvalue weighted by Gasteiger charge is 2.26. The first-order valence-corrected chi connectivity index (χ1v) is 9.14.